The number of esters is 1. The Balaban J connectivity index is 1.16. The van der Waals surface area contributed by atoms with Gasteiger partial charge in [0.15, 0.2) is 0 Å². The van der Waals surface area contributed by atoms with Crippen molar-refractivity contribution in [2.75, 3.05) is 6.54 Å². The highest BCUT2D eigenvalue weighted by atomic mass is 16.5. The molecule has 5 aromatic rings. The lowest BCUT2D eigenvalue weighted by molar-refractivity contribution is -0.145. The summed E-state index contributed by atoms with van der Waals surface area (Å²) in [6.07, 6.45) is 4.72. The van der Waals surface area contributed by atoms with Crippen molar-refractivity contribution < 1.29 is 23.9 Å². The van der Waals surface area contributed by atoms with Gasteiger partial charge in [-0.3, -0.25) is 19.4 Å². The van der Waals surface area contributed by atoms with Gasteiger partial charge in [-0.15, -0.1) is 0 Å². The molecule has 1 aliphatic rings. The average molecular weight is 737 g/mol. The van der Waals surface area contributed by atoms with Gasteiger partial charge in [-0.1, -0.05) is 127 Å². The van der Waals surface area contributed by atoms with Gasteiger partial charge in [0, 0.05) is 42.5 Å². The molecule has 1 aromatic heterocycles. The summed E-state index contributed by atoms with van der Waals surface area (Å²) in [7, 11) is 0. The van der Waals surface area contributed by atoms with E-state index in [1.54, 1.807) is 18.5 Å². The highest BCUT2D eigenvalue weighted by Crippen LogP contribution is 2.19. The molecule has 1 fully saturated rings. The molecule has 1 aliphatic heterocycles. The van der Waals surface area contributed by atoms with Crippen LogP contribution in [0, 0.1) is 0 Å². The number of rotatable bonds is 15. The third-order valence-electron chi connectivity index (χ3n) is 9.30. The van der Waals surface area contributed by atoms with Gasteiger partial charge in [-0.2, -0.15) is 5.10 Å². The summed E-state index contributed by atoms with van der Waals surface area (Å²) in [6.45, 7) is 0.455. The lowest BCUT2D eigenvalue weighted by atomic mass is 10.0. The molecular weight excluding hydrogens is 693 g/mol. The van der Waals surface area contributed by atoms with Crippen LogP contribution in [0.4, 0.5) is 4.79 Å². The Kier molecular flexibility index (Phi) is 13.5. The fraction of sp³-hybridized carbons (Fsp3) is 0.227. The minimum Gasteiger partial charge on any atom is -0.461 e. The molecule has 55 heavy (non-hydrogen) atoms. The van der Waals surface area contributed by atoms with Crippen molar-refractivity contribution in [1.29, 1.82) is 0 Å². The van der Waals surface area contributed by atoms with Crippen molar-refractivity contribution in [2.45, 2.75) is 56.8 Å². The summed E-state index contributed by atoms with van der Waals surface area (Å²) >= 11 is 0. The fourth-order valence-electron chi connectivity index (χ4n) is 6.54. The van der Waals surface area contributed by atoms with E-state index in [9.17, 15) is 19.2 Å². The second kappa shape index (κ2) is 19.5. The number of amides is 4. The zero-order valence-electron chi connectivity index (χ0n) is 30.4. The van der Waals surface area contributed by atoms with Crippen LogP contribution in [0.2, 0.25) is 0 Å². The summed E-state index contributed by atoms with van der Waals surface area (Å²) in [4.78, 5) is 60.4. The number of carbonyl (C=O) groups excluding carboxylic acids is 4. The number of hydrogen-bond donors (Lipinski definition) is 3. The maximum atomic E-state index is 14.1. The van der Waals surface area contributed by atoms with Gasteiger partial charge in [0.05, 0.1) is 12.1 Å². The summed E-state index contributed by atoms with van der Waals surface area (Å²) in [6, 6.07) is 38.6. The molecule has 0 aliphatic carbocycles. The summed E-state index contributed by atoms with van der Waals surface area (Å²) < 4.78 is 5.56. The lowest BCUT2D eigenvalue weighted by Gasteiger charge is -2.27. The fourth-order valence-corrected chi connectivity index (χ4v) is 6.54. The smallest absolute Gasteiger partial charge is 0.338 e. The largest absolute Gasteiger partial charge is 0.461 e. The Morgan fingerprint density at radius 2 is 1.33 bits per heavy atom. The number of carbonyl (C=O) groups is 4. The molecule has 1 saturated heterocycles. The maximum absolute atomic E-state index is 14.1. The van der Waals surface area contributed by atoms with Crippen molar-refractivity contribution >= 4 is 29.5 Å². The molecule has 3 atom stereocenters. The molecule has 0 bridgehead atoms. The predicted octanol–water partition coefficient (Wildman–Crippen LogP) is 5.60. The minimum absolute atomic E-state index is 0.0773. The summed E-state index contributed by atoms with van der Waals surface area (Å²) in [5.41, 5.74) is 7.41. The second-order valence-electron chi connectivity index (χ2n) is 13.3. The van der Waals surface area contributed by atoms with Crippen LogP contribution in [-0.4, -0.2) is 64.1 Å². The van der Waals surface area contributed by atoms with E-state index in [1.807, 2.05) is 127 Å². The number of pyridine rings is 1. The number of ether oxygens (including phenoxy) is 1. The van der Waals surface area contributed by atoms with E-state index in [2.05, 4.69) is 26.1 Å². The Labute approximate surface area is 320 Å². The van der Waals surface area contributed by atoms with Gasteiger partial charge in [-0.25, -0.2) is 10.2 Å². The van der Waals surface area contributed by atoms with Gasteiger partial charge in [-0.05, 0) is 42.0 Å². The number of benzene rings is 4. The van der Waals surface area contributed by atoms with Crippen LogP contribution in [0.15, 0.2) is 151 Å². The van der Waals surface area contributed by atoms with E-state index in [0.29, 0.717) is 31.5 Å². The van der Waals surface area contributed by atoms with E-state index in [1.165, 1.54) is 4.90 Å². The van der Waals surface area contributed by atoms with Gasteiger partial charge in [0.25, 0.3) is 0 Å². The first kappa shape index (κ1) is 38.1. The zero-order chi connectivity index (χ0) is 38.2. The predicted molar refractivity (Wildman–Crippen MR) is 210 cm³/mol. The Bertz CT molecular complexity index is 1990. The molecule has 4 amide bonds. The second-order valence-corrected chi connectivity index (χ2v) is 13.3. The first-order valence-electron chi connectivity index (χ1n) is 18.4. The van der Waals surface area contributed by atoms with E-state index in [0.717, 1.165) is 27.8 Å². The Morgan fingerprint density at radius 1 is 0.727 bits per heavy atom. The SMILES string of the molecule is O=C(C[C@H](Cc1ccccc1)NC(=O)[C@H](Cc1cccnc1)NC(=O)[C@@H]1CCCN1C(=O)NN=C(c1ccccc1)c1ccccc1)OCc1ccccc1. The number of nitrogens with one attached hydrogen (secondary N) is 3. The van der Waals surface area contributed by atoms with E-state index >= 15 is 0 Å². The summed E-state index contributed by atoms with van der Waals surface area (Å²) in [5, 5.41) is 10.5. The van der Waals surface area contributed by atoms with Crippen LogP contribution >= 0.6 is 0 Å². The normalized spacial score (nSPS) is 14.5. The van der Waals surface area contributed by atoms with Crippen LogP contribution in [0.5, 0.6) is 0 Å². The van der Waals surface area contributed by atoms with Gasteiger partial charge in [0.2, 0.25) is 11.8 Å². The van der Waals surface area contributed by atoms with Crippen LogP contribution in [0.3, 0.4) is 0 Å². The first-order valence-corrected chi connectivity index (χ1v) is 18.4. The quantitative estimate of drug-likeness (QED) is 0.0727. The van der Waals surface area contributed by atoms with E-state index < -0.39 is 41.9 Å². The first-order chi connectivity index (χ1) is 26.9. The zero-order valence-corrected chi connectivity index (χ0v) is 30.4. The molecule has 6 rings (SSSR count). The average Bonchev–Trinajstić information content (AvgIpc) is 3.73. The van der Waals surface area contributed by atoms with Gasteiger partial charge < -0.3 is 20.3 Å². The highest BCUT2D eigenvalue weighted by Gasteiger charge is 2.36. The lowest BCUT2D eigenvalue weighted by Crippen LogP contribution is -2.56. The third kappa shape index (κ3) is 11.2. The van der Waals surface area contributed by atoms with E-state index in [4.69, 9.17) is 4.74 Å². The van der Waals surface area contributed by atoms with Crippen molar-refractivity contribution in [2.24, 2.45) is 5.10 Å². The molecular formula is C44H44N6O5. The molecule has 0 spiro atoms. The molecule has 280 valence electrons. The molecule has 0 radical (unpaired) electrons. The number of urea groups is 1. The topological polar surface area (TPSA) is 142 Å². The number of hydrogen-bond acceptors (Lipinski definition) is 7. The van der Waals surface area contributed by atoms with Gasteiger partial charge in [0.1, 0.15) is 18.7 Å². The molecule has 2 heterocycles. The molecule has 4 aromatic carbocycles. The molecule has 11 heteroatoms. The van der Waals surface area contributed by atoms with Gasteiger partial charge >= 0.3 is 12.0 Å². The summed E-state index contributed by atoms with van der Waals surface area (Å²) in [5.74, 6) is -1.40. The highest BCUT2D eigenvalue weighted by molar-refractivity contribution is 6.13. The van der Waals surface area contributed by atoms with Crippen LogP contribution in [0.1, 0.15) is 47.1 Å². The van der Waals surface area contributed by atoms with Crippen molar-refractivity contribution in [3.05, 3.63) is 174 Å². The van der Waals surface area contributed by atoms with Crippen molar-refractivity contribution in [1.82, 2.24) is 25.9 Å². The number of nitrogens with zero attached hydrogens (tertiary/aromatic N) is 3. The third-order valence-corrected chi connectivity index (χ3v) is 9.30. The Hall–Kier alpha value is -6.62. The number of aromatic nitrogens is 1. The van der Waals surface area contributed by atoms with Crippen molar-refractivity contribution in [3.8, 4) is 0 Å². The standard InChI is InChI=1S/C44H44N6O5/c51-40(55-31-33-17-7-2-8-18-33)29-37(27-32-15-5-1-6-16-32)46-42(52)38(28-34-19-13-25-45-30-34)47-43(53)39-24-14-26-50(39)44(54)49-48-41(35-20-9-3-10-21-35)36-22-11-4-12-23-36/h1-13,15-23,25,30,37-39H,14,24,26-29,31H2,(H,46,52)(H,47,53)(H,49,54)/t37-,38-,39-/m0/s1. The van der Waals surface area contributed by atoms with Crippen LogP contribution in [-0.2, 0) is 38.6 Å². The number of hydrazone groups is 1. The van der Waals surface area contributed by atoms with Crippen LogP contribution in [0.25, 0.3) is 0 Å². The maximum Gasteiger partial charge on any atom is 0.338 e. The van der Waals surface area contributed by atoms with Crippen molar-refractivity contribution in [3.63, 3.8) is 0 Å². The molecule has 3 N–H and O–H groups in total. The monoisotopic (exact) mass is 736 g/mol. The number of likely N-dealkylation sites (tertiary alicyclic amines) is 1. The molecule has 0 unspecified atom stereocenters. The molecule has 11 nitrogen and oxygen atoms in total. The van der Waals surface area contributed by atoms with E-state index in [-0.39, 0.29) is 19.4 Å². The minimum atomic E-state index is -1.03. The van der Waals surface area contributed by atoms with Crippen LogP contribution < -0.4 is 16.1 Å². The molecule has 0 saturated carbocycles. The Morgan fingerprint density at radius 3 is 1.95 bits per heavy atom.